The van der Waals surface area contributed by atoms with Crippen molar-refractivity contribution in [1.82, 2.24) is 4.98 Å². The smallest absolute Gasteiger partial charge is 0.174 e. The van der Waals surface area contributed by atoms with E-state index in [9.17, 15) is 4.79 Å². The van der Waals surface area contributed by atoms with E-state index >= 15 is 0 Å². The molecule has 2 N–H and O–H groups in total. The second-order valence-corrected chi connectivity index (χ2v) is 7.10. The van der Waals surface area contributed by atoms with Gasteiger partial charge in [0.15, 0.2) is 5.78 Å². The van der Waals surface area contributed by atoms with Crippen LogP contribution in [0.25, 0.3) is 11.1 Å². The standard InChI is InChI=1S/C23H22N4O.ClH/c1-15-8-9-21(16(2)11-15)27-23(24)20(14-26-27)22(28)18-6-3-5-17(12-18)19-7-4-10-25-13-19;/h3-14,20,23H,24H2,1-2H3;1H. The third-order valence-electron chi connectivity index (χ3n) is 5.05. The molecule has 0 amide bonds. The fourth-order valence-electron chi connectivity index (χ4n) is 3.55. The fraction of sp³-hybridized carbons (Fsp3) is 0.174. The number of Topliss-reactive ketones (excluding diaryl/α,β-unsaturated/α-hetero) is 1. The van der Waals surface area contributed by atoms with Crippen LogP contribution < -0.4 is 10.7 Å². The normalized spacial score (nSPS) is 17.8. The topological polar surface area (TPSA) is 71.6 Å². The Labute approximate surface area is 176 Å². The summed E-state index contributed by atoms with van der Waals surface area (Å²) in [4.78, 5) is 17.3. The van der Waals surface area contributed by atoms with E-state index < -0.39 is 12.1 Å². The van der Waals surface area contributed by atoms with Crippen LogP contribution in [0.1, 0.15) is 21.5 Å². The predicted octanol–water partition coefficient (Wildman–Crippen LogP) is 4.38. The summed E-state index contributed by atoms with van der Waals surface area (Å²) in [7, 11) is 0. The number of benzene rings is 2. The second-order valence-electron chi connectivity index (χ2n) is 7.10. The van der Waals surface area contributed by atoms with Gasteiger partial charge in [0.1, 0.15) is 6.17 Å². The highest BCUT2D eigenvalue weighted by atomic mass is 35.5. The van der Waals surface area contributed by atoms with Crippen molar-refractivity contribution in [1.29, 1.82) is 0 Å². The molecule has 0 saturated heterocycles. The third-order valence-corrected chi connectivity index (χ3v) is 5.05. The molecule has 148 valence electrons. The molecule has 3 aromatic rings. The summed E-state index contributed by atoms with van der Waals surface area (Å²) in [6.07, 6.45) is 4.64. The van der Waals surface area contributed by atoms with Gasteiger partial charge < -0.3 is 5.73 Å². The van der Waals surface area contributed by atoms with Gasteiger partial charge in [0, 0.05) is 29.7 Å². The van der Waals surface area contributed by atoms with Crippen LogP contribution in [0.4, 0.5) is 5.69 Å². The number of carbonyl (C=O) groups is 1. The molecule has 2 heterocycles. The van der Waals surface area contributed by atoms with Crippen molar-refractivity contribution in [2.45, 2.75) is 20.0 Å². The number of pyridine rings is 1. The minimum atomic E-state index is -0.532. The quantitative estimate of drug-likeness (QED) is 0.653. The number of aromatic nitrogens is 1. The molecule has 0 aliphatic carbocycles. The SMILES string of the molecule is Cc1ccc(N2N=CC(C(=O)c3cccc(-c4cccnc4)c3)C2N)c(C)c1.Cl. The lowest BCUT2D eigenvalue weighted by Crippen LogP contribution is -2.43. The average molecular weight is 407 g/mol. The molecule has 2 unspecified atom stereocenters. The monoisotopic (exact) mass is 406 g/mol. The molecule has 2 atom stereocenters. The number of nitrogens with two attached hydrogens (primary N) is 1. The Bertz CT molecular complexity index is 1050. The van der Waals surface area contributed by atoms with Gasteiger partial charge in [-0.15, -0.1) is 12.4 Å². The van der Waals surface area contributed by atoms with Crippen molar-refractivity contribution >= 4 is 30.1 Å². The summed E-state index contributed by atoms with van der Waals surface area (Å²) in [6.45, 7) is 4.07. The van der Waals surface area contributed by atoms with Crippen LogP contribution in [0.2, 0.25) is 0 Å². The number of rotatable bonds is 4. The summed E-state index contributed by atoms with van der Waals surface area (Å²) in [5.74, 6) is -0.529. The lowest BCUT2D eigenvalue weighted by Gasteiger charge is -2.25. The van der Waals surface area contributed by atoms with Crippen LogP contribution >= 0.6 is 12.4 Å². The fourth-order valence-corrected chi connectivity index (χ4v) is 3.55. The van der Waals surface area contributed by atoms with Gasteiger partial charge >= 0.3 is 0 Å². The summed E-state index contributed by atoms with van der Waals surface area (Å²) in [5.41, 5.74) is 12.2. The second kappa shape index (κ2) is 8.55. The highest BCUT2D eigenvalue weighted by Crippen LogP contribution is 2.29. The largest absolute Gasteiger partial charge is 0.309 e. The van der Waals surface area contributed by atoms with Gasteiger partial charge in [0.05, 0.1) is 11.6 Å². The maximum Gasteiger partial charge on any atom is 0.174 e. The van der Waals surface area contributed by atoms with Crippen LogP contribution in [0.15, 0.2) is 72.1 Å². The number of hydrazone groups is 1. The molecular weight excluding hydrogens is 384 g/mol. The highest BCUT2D eigenvalue weighted by molar-refractivity contribution is 6.08. The van der Waals surface area contributed by atoms with Gasteiger partial charge in [0.2, 0.25) is 0 Å². The molecule has 1 aliphatic rings. The van der Waals surface area contributed by atoms with E-state index in [2.05, 4.69) is 16.2 Å². The van der Waals surface area contributed by atoms with E-state index in [1.165, 1.54) is 5.56 Å². The molecule has 1 aliphatic heterocycles. The van der Waals surface area contributed by atoms with Crippen molar-refractivity contribution in [2.24, 2.45) is 16.8 Å². The molecular formula is C23H23ClN4O. The number of halogens is 1. The van der Waals surface area contributed by atoms with E-state index in [0.717, 1.165) is 22.4 Å². The molecule has 29 heavy (non-hydrogen) atoms. The van der Waals surface area contributed by atoms with Crippen LogP contribution in [0.3, 0.4) is 0 Å². The number of ketones is 1. The number of nitrogens with zero attached hydrogens (tertiary/aromatic N) is 3. The zero-order valence-corrected chi connectivity index (χ0v) is 17.1. The highest BCUT2D eigenvalue weighted by Gasteiger charge is 2.35. The molecule has 6 heteroatoms. The number of carbonyl (C=O) groups excluding carboxylic acids is 1. The van der Waals surface area contributed by atoms with Crippen LogP contribution in [-0.4, -0.2) is 23.1 Å². The van der Waals surface area contributed by atoms with Gasteiger partial charge in [0.25, 0.3) is 0 Å². The third kappa shape index (κ3) is 4.06. The predicted molar refractivity (Wildman–Crippen MR) is 120 cm³/mol. The molecule has 0 saturated carbocycles. The molecule has 0 bridgehead atoms. The van der Waals surface area contributed by atoms with Crippen molar-refractivity contribution < 1.29 is 4.79 Å². The van der Waals surface area contributed by atoms with Gasteiger partial charge in [-0.1, -0.05) is 42.0 Å². The number of aryl methyl sites for hydroxylation is 2. The Kier molecular flexibility index (Phi) is 6.11. The van der Waals surface area contributed by atoms with Crippen LogP contribution in [0.5, 0.6) is 0 Å². The first-order chi connectivity index (χ1) is 13.5. The van der Waals surface area contributed by atoms with Gasteiger partial charge in [-0.05, 0) is 43.2 Å². The maximum absolute atomic E-state index is 13.1. The van der Waals surface area contributed by atoms with E-state index in [0.29, 0.717) is 5.56 Å². The molecule has 2 aromatic carbocycles. The molecule has 0 spiro atoms. The van der Waals surface area contributed by atoms with Crippen molar-refractivity contribution in [3.63, 3.8) is 0 Å². The molecule has 0 radical (unpaired) electrons. The first-order valence-electron chi connectivity index (χ1n) is 9.25. The zero-order chi connectivity index (χ0) is 19.7. The zero-order valence-electron chi connectivity index (χ0n) is 16.3. The minimum Gasteiger partial charge on any atom is -0.309 e. The van der Waals surface area contributed by atoms with Crippen molar-refractivity contribution in [3.05, 3.63) is 83.7 Å². The lowest BCUT2D eigenvalue weighted by atomic mass is 9.94. The van der Waals surface area contributed by atoms with Crippen molar-refractivity contribution in [2.75, 3.05) is 5.01 Å². The van der Waals surface area contributed by atoms with Gasteiger partial charge in [-0.3, -0.25) is 9.78 Å². The number of hydrogen-bond donors (Lipinski definition) is 1. The van der Waals surface area contributed by atoms with Crippen molar-refractivity contribution in [3.8, 4) is 11.1 Å². The Morgan fingerprint density at radius 3 is 2.55 bits per heavy atom. The summed E-state index contributed by atoms with van der Waals surface area (Å²) in [6, 6.07) is 17.5. The van der Waals surface area contributed by atoms with E-state index in [4.69, 9.17) is 5.73 Å². The minimum absolute atomic E-state index is 0. The van der Waals surface area contributed by atoms with E-state index in [1.807, 2.05) is 62.4 Å². The molecule has 0 fully saturated rings. The Hall–Kier alpha value is -3.02. The van der Waals surface area contributed by atoms with E-state index in [-0.39, 0.29) is 18.2 Å². The summed E-state index contributed by atoms with van der Waals surface area (Å²) in [5, 5.41) is 6.18. The Morgan fingerprint density at radius 1 is 1.03 bits per heavy atom. The summed E-state index contributed by atoms with van der Waals surface area (Å²) >= 11 is 0. The molecule has 1 aromatic heterocycles. The van der Waals surface area contributed by atoms with Crippen LogP contribution in [0, 0.1) is 19.8 Å². The first kappa shape index (κ1) is 20.7. The maximum atomic E-state index is 13.1. The first-order valence-corrected chi connectivity index (χ1v) is 9.25. The number of hydrogen-bond acceptors (Lipinski definition) is 5. The summed E-state index contributed by atoms with van der Waals surface area (Å²) < 4.78 is 0. The van der Waals surface area contributed by atoms with Gasteiger partial charge in [-0.2, -0.15) is 5.10 Å². The molecule has 5 nitrogen and oxygen atoms in total. The lowest BCUT2D eigenvalue weighted by molar-refractivity contribution is 0.0947. The Balaban J connectivity index is 0.00000240. The molecule has 4 rings (SSSR count). The average Bonchev–Trinajstić information content (AvgIpc) is 3.09. The van der Waals surface area contributed by atoms with Gasteiger partial charge in [-0.25, -0.2) is 5.01 Å². The number of anilines is 1. The van der Waals surface area contributed by atoms with E-state index in [1.54, 1.807) is 23.6 Å². The van der Waals surface area contributed by atoms with Crippen LogP contribution in [-0.2, 0) is 0 Å². The Morgan fingerprint density at radius 2 is 1.83 bits per heavy atom.